The van der Waals surface area contributed by atoms with Crippen molar-refractivity contribution in [3.05, 3.63) is 35.4 Å². The van der Waals surface area contributed by atoms with Gasteiger partial charge in [-0.15, -0.1) is 0 Å². The Morgan fingerprint density at radius 1 is 1.28 bits per heavy atom. The number of aryl methyl sites for hydroxylation is 1. The van der Waals surface area contributed by atoms with Crippen LogP contribution in [0, 0.1) is 6.92 Å². The molecule has 0 saturated carbocycles. The SMILES string of the molecule is CCNC(=O)[C@H](C)OC(=O)[C@H](CCSC)NC(=O)c1cccc(C)c1. The zero-order valence-electron chi connectivity index (χ0n) is 15.1. The van der Waals surface area contributed by atoms with E-state index in [9.17, 15) is 14.4 Å². The molecule has 0 radical (unpaired) electrons. The molecule has 138 valence electrons. The van der Waals surface area contributed by atoms with Crippen LogP contribution < -0.4 is 10.6 Å². The van der Waals surface area contributed by atoms with Crippen LogP contribution in [-0.4, -0.2) is 48.5 Å². The van der Waals surface area contributed by atoms with Gasteiger partial charge in [-0.05, 0) is 51.3 Å². The van der Waals surface area contributed by atoms with Crippen molar-refractivity contribution in [3.63, 3.8) is 0 Å². The molecule has 0 saturated heterocycles. The van der Waals surface area contributed by atoms with Gasteiger partial charge in [-0.3, -0.25) is 9.59 Å². The maximum Gasteiger partial charge on any atom is 0.329 e. The summed E-state index contributed by atoms with van der Waals surface area (Å²) in [5.41, 5.74) is 1.44. The van der Waals surface area contributed by atoms with Crippen LogP contribution in [0.5, 0.6) is 0 Å². The van der Waals surface area contributed by atoms with Crippen LogP contribution in [0.15, 0.2) is 24.3 Å². The van der Waals surface area contributed by atoms with Crippen LogP contribution in [0.1, 0.15) is 36.2 Å². The molecular formula is C18H26N2O4S. The Morgan fingerprint density at radius 2 is 2.00 bits per heavy atom. The van der Waals surface area contributed by atoms with Crippen molar-refractivity contribution in [1.29, 1.82) is 0 Å². The first-order chi connectivity index (χ1) is 11.9. The summed E-state index contributed by atoms with van der Waals surface area (Å²) in [6, 6.07) is 6.33. The third-order valence-corrected chi connectivity index (χ3v) is 4.14. The van der Waals surface area contributed by atoms with Gasteiger partial charge in [0.15, 0.2) is 6.10 Å². The largest absolute Gasteiger partial charge is 0.451 e. The predicted molar refractivity (Wildman–Crippen MR) is 99.7 cm³/mol. The molecule has 0 spiro atoms. The fraction of sp³-hybridized carbons (Fsp3) is 0.500. The smallest absolute Gasteiger partial charge is 0.329 e. The lowest BCUT2D eigenvalue weighted by Crippen LogP contribution is -2.45. The highest BCUT2D eigenvalue weighted by Crippen LogP contribution is 2.08. The van der Waals surface area contributed by atoms with Gasteiger partial charge < -0.3 is 15.4 Å². The van der Waals surface area contributed by atoms with Crippen molar-refractivity contribution in [2.45, 2.75) is 39.3 Å². The lowest BCUT2D eigenvalue weighted by Gasteiger charge is -2.20. The summed E-state index contributed by atoms with van der Waals surface area (Å²) in [6.07, 6.45) is 1.45. The van der Waals surface area contributed by atoms with Gasteiger partial charge in [-0.1, -0.05) is 17.7 Å². The number of rotatable bonds is 9. The van der Waals surface area contributed by atoms with Crippen LogP contribution >= 0.6 is 11.8 Å². The highest BCUT2D eigenvalue weighted by molar-refractivity contribution is 7.98. The van der Waals surface area contributed by atoms with Crippen LogP contribution in [0.2, 0.25) is 0 Å². The lowest BCUT2D eigenvalue weighted by atomic mass is 10.1. The Kier molecular flexibility index (Phi) is 9.05. The molecule has 0 unspecified atom stereocenters. The molecule has 1 aromatic carbocycles. The predicted octanol–water partition coefficient (Wildman–Crippen LogP) is 1.91. The molecule has 2 N–H and O–H groups in total. The minimum Gasteiger partial charge on any atom is -0.451 e. The Morgan fingerprint density at radius 3 is 2.60 bits per heavy atom. The van der Waals surface area contributed by atoms with Gasteiger partial charge in [0.1, 0.15) is 6.04 Å². The number of likely N-dealkylation sites (N-methyl/N-ethyl adjacent to an activating group) is 1. The molecule has 0 aliphatic heterocycles. The van der Waals surface area contributed by atoms with Crippen LogP contribution in [0.25, 0.3) is 0 Å². The fourth-order valence-corrected chi connectivity index (χ4v) is 2.61. The molecule has 2 atom stereocenters. The Hall–Kier alpha value is -2.02. The van der Waals surface area contributed by atoms with E-state index in [1.807, 2.05) is 19.2 Å². The van der Waals surface area contributed by atoms with E-state index in [0.717, 1.165) is 5.56 Å². The monoisotopic (exact) mass is 366 g/mol. The van der Waals surface area contributed by atoms with Gasteiger partial charge in [0, 0.05) is 12.1 Å². The quantitative estimate of drug-likeness (QED) is 0.652. The van der Waals surface area contributed by atoms with Crippen molar-refractivity contribution in [2.24, 2.45) is 0 Å². The van der Waals surface area contributed by atoms with Gasteiger partial charge in [0.05, 0.1) is 0 Å². The fourth-order valence-electron chi connectivity index (χ4n) is 2.14. The average molecular weight is 366 g/mol. The van der Waals surface area contributed by atoms with Crippen molar-refractivity contribution in [1.82, 2.24) is 10.6 Å². The molecule has 0 heterocycles. The zero-order chi connectivity index (χ0) is 18.8. The van der Waals surface area contributed by atoms with Gasteiger partial charge in [-0.25, -0.2) is 4.79 Å². The number of benzene rings is 1. The third-order valence-electron chi connectivity index (χ3n) is 3.49. The van der Waals surface area contributed by atoms with E-state index >= 15 is 0 Å². The molecular weight excluding hydrogens is 340 g/mol. The zero-order valence-corrected chi connectivity index (χ0v) is 15.9. The van der Waals surface area contributed by atoms with Gasteiger partial charge in [-0.2, -0.15) is 11.8 Å². The Bertz CT molecular complexity index is 606. The number of carbonyl (C=O) groups excluding carboxylic acids is 3. The average Bonchev–Trinajstić information content (AvgIpc) is 2.58. The summed E-state index contributed by atoms with van der Waals surface area (Å²) < 4.78 is 5.21. The number of thioether (sulfide) groups is 1. The van der Waals surface area contributed by atoms with Crippen molar-refractivity contribution >= 4 is 29.5 Å². The number of hydrogen-bond donors (Lipinski definition) is 2. The molecule has 0 bridgehead atoms. The first kappa shape index (κ1) is 21.0. The number of carbonyl (C=O) groups is 3. The maximum atomic E-state index is 12.4. The number of hydrogen-bond acceptors (Lipinski definition) is 5. The third kappa shape index (κ3) is 7.17. The second kappa shape index (κ2) is 10.8. The first-order valence-electron chi connectivity index (χ1n) is 8.23. The second-order valence-corrected chi connectivity index (χ2v) is 6.64. The molecule has 1 rings (SSSR count). The lowest BCUT2D eigenvalue weighted by molar-refractivity contribution is -0.156. The molecule has 0 aliphatic carbocycles. The summed E-state index contributed by atoms with van der Waals surface area (Å²) >= 11 is 1.57. The normalized spacial score (nSPS) is 12.8. The molecule has 25 heavy (non-hydrogen) atoms. The van der Waals surface area contributed by atoms with E-state index in [1.54, 1.807) is 36.9 Å². The van der Waals surface area contributed by atoms with Gasteiger partial charge in [0.25, 0.3) is 11.8 Å². The van der Waals surface area contributed by atoms with Crippen LogP contribution in [-0.2, 0) is 14.3 Å². The number of ether oxygens (including phenoxy) is 1. The Labute approximate surface area is 153 Å². The maximum absolute atomic E-state index is 12.4. The molecule has 2 amide bonds. The molecule has 7 heteroatoms. The van der Waals surface area contributed by atoms with Crippen molar-refractivity contribution < 1.29 is 19.1 Å². The molecule has 0 aliphatic rings. The second-order valence-electron chi connectivity index (χ2n) is 5.65. The first-order valence-corrected chi connectivity index (χ1v) is 9.63. The minimum atomic E-state index is -0.903. The summed E-state index contributed by atoms with van der Waals surface area (Å²) in [4.78, 5) is 36.5. The summed E-state index contributed by atoms with van der Waals surface area (Å²) in [5, 5.41) is 5.31. The highest BCUT2D eigenvalue weighted by Gasteiger charge is 2.26. The van der Waals surface area contributed by atoms with E-state index in [-0.39, 0.29) is 11.8 Å². The molecule has 6 nitrogen and oxygen atoms in total. The standard InChI is InChI=1S/C18H26N2O4S/c1-5-19-16(21)13(3)24-18(23)15(9-10-25-4)20-17(22)14-8-6-7-12(2)11-14/h6-8,11,13,15H,5,9-10H2,1-4H3,(H,19,21)(H,20,22)/t13-,15-/m0/s1. The van der Waals surface area contributed by atoms with Gasteiger partial charge in [0.2, 0.25) is 0 Å². The number of nitrogens with one attached hydrogen (secondary N) is 2. The highest BCUT2D eigenvalue weighted by atomic mass is 32.2. The minimum absolute atomic E-state index is 0.336. The molecule has 0 aromatic heterocycles. The topological polar surface area (TPSA) is 84.5 Å². The number of esters is 1. The summed E-state index contributed by atoms with van der Waals surface area (Å²) in [5.74, 6) is -0.612. The Balaban J connectivity index is 2.76. The molecule has 1 aromatic rings. The van der Waals surface area contributed by atoms with E-state index in [1.165, 1.54) is 6.92 Å². The van der Waals surface area contributed by atoms with Crippen molar-refractivity contribution in [3.8, 4) is 0 Å². The van der Waals surface area contributed by atoms with Gasteiger partial charge >= 0.3 is 5.97 Å². The summed E-state index contributed by atoms with van der Waals surface area (Å²) in [7, 11) is 0. The van der Waals surface area contributed by atoms with Crippen molar-refractivity contribution in [2.75, 3.05) is 18.6 Å². The van der Waals surface area contributed by atoms with Crippen LogP contribution in [0.4, 0.5) is 0 Å². The summed E-state index contributed by atoms with van der Waals surface area (Å²) in [6.45, 7) is 5.65. The van der Waals surface area contributed by atoms with E-state index < -0.39 is 18.1 Å². The van der Waals surface area contributed by atoms with E-state index in [0.29, 0.717) is 24.3 Å². The van der Waals surface area contributed by atoms with E-state index in [2.05, 4.69) is 10.6 Å². The number of amides is 2. The van der Waals surface area contributed by atoms with E-state index in [4.69, 9.17) is 4.74 Å². The van der Waals surface area contributed by atoms with Crippen LogP contribution in [0.3, 0.4) is 0 Å². The molecule has 0 fully saturated rings.